The third kappa shape index (κ3) is 5.47. The number of aromatic nitrogens is 2. The van der Waals surface area contributed by atoms with Crippen LogP contribution in [0.2, 0.25) is 0 Å². The molecule has 7 heteroatoms. The van der Waals surface area contributed by atoms with Crippen molar-refractivity contribution in [2.45, 2.75) is 13.3 Å². The van der Waals surface area contributed by atoms with E-state index in [2.05, 4.69) is 15.3 Å². The minimum atomic E-state index is -0.211. The molecule has 1 heterocycles. The van der Waals surface area contributed by atoms with Gasteiger partial charge in [0.2, 0.25) is 11.8 Å². The van der Waals surface area contributed by atoms with E-state index in [0.717, 1.165) is 11.3 Å². The molecular weight excluding hydrogens is 334 g/mol. The Bertz CT molecular complexity index is 762. The molecule has 2 rings (SSSR count). The molecule has 1 aromatic heterocycles. The second-order valence-corrected chi connectivity index (χ2v) is 5.24. The lowest BCUT2D eigenvalue weighted by Gasteiger charge is -2.10. The van der Waals surface area contributed by atoms with Crippen LogP contribution in [0.4, 0.5) is 0 Å². The molecule has 0 aliphatic heterocycles. The molecule has 26 heavy (non-hydrogen) atoms. The maximum absolute atomic E-state index is 12.0. The van der Waals surface area contributed by atoms with Crippen molar-refractivity contribution in [3.05, 3.63) is 47.7 Å². The maximum atomic E-state index is 12.0. The summed E-state index contributed by atoms with van der Waals surface area (Å²) >= 11 is 0. The van der Waals surface area contributed by atoms with E-state index >= 15 is 0 Å². The third-order valence-electron chi connectivity index (χ3n) is 3.51. The molecule has 0 aliphatic rings. The minimum absolute atomic E-state index is 0.205. The molecule has 1 aromatic carbocycles. The first-order valence-electron chi connectivity index (χ1n) is 8.29. The zero-order chi connectivity index (χ0) is 18.8. The van der Waals surface area contributed by atoms with E-state index in [4.69, 9.17) is 14.2 Å². The summed E-state index contributed by atoms with van der Waals surface area (Å²) in [4.78, 5) is 20.1. The van der Waals surface area contributed by atoms with Gasteiger partial charge in [-0.2, -0.15) is 4.98 Å². The highest BCUT2D eigenvalue weighted by Crippen LogP contribution is 2.19. The van der Waals surface area contributed by atoms with Crippen LogP contribution in [0.25, 0.3) is 6.08 Å². The first kappa shape index (κ1) is 19.2. The van der Waals surface area contributed by atoms with Crippen molar-refractivity contribution < 1.29 is 19.0 Å². The van der Waals surface area contributed by atoms with Crippen molar-refractivity contribution in [1.82, 2.24) is 15.3 Å². The Hall–Kier alpha value is -3.09. The average Bonchev–Trinajstić information content (AvgIpc) is 2.67. The molecule has 7 nitrogen and oxygen atoms in total. The number of nitrogens with zero attached hydrogens (tertiary/aromatic N) is 2. The van der Waals surface area contributed by atoms with Crippen LogP contribution in [0, 0.1) is 0 Å². The van der Waals surface area contributed by atoms with E-state index in [9.17, 15) is 4.79 Å². The summed E-state index contributed by atoms with van der Waals surface area (Å²) in [5.74, 6) is 0.975. The van der Waals surface area contributed by atoms with Gasteiger partial charge in [0, 0.05) is 18.8 Å². The largest absolute Gasteiger partial charge is 0.494 e. The van der Waals surface area contributed by atoms with Crippen LogP contribution in [-0.4, -0.2) is 43.2 Å². The highest BCUT2D eigenvalue weighted by molar-refractivity contribution is 5.91. The van der Waals surface area contributed by atoms with Gasteiger partial charge in [-0.1, -0.05) is 18.2 Å². The predicted molar refractivity (Wildman–Crippen MR) is 98.5 cm³/mol. The summed E-state index contributed by atoms with van der Waals surface area (Å²) in [6.07, 6.45) is 5.24. The number of nitrogens with one attached hydrogen (secondary N) is 1. The number of ether oxygens (including phenoxy) is 3. The number of benzene rings is 1. The number of amides is 1. The van der Waals surface area contributed by atoms with Gasteiger partial charge < -0.3 is 19.5 Å². The van der Waals surface area contributed by atoms with E-state index < -0.39 is 0 Å². The fourth-order valence-electron chi connectivity index (χ4n) is 2.29. The molecule has 0 spiro atoms. The van der Waals surface area contributed by atoms with Gasteiger partial charge in [0.1, 0.15) is 5.75 Å². The molecule has 1 amide bonds. The lowest BCUT2D eigenvalue weighted by Crippen LogP contribution is -2.23. The van der Waals surface area contributed by atoms with Gasteiger partial charge in [0.25, 0.3) is 0 Å². The molecule has 0 unspecified atom stereocenters. The van der Waals surface area contributed by atoms with Crippen LogP contribution in [0.15, 0.2) is 36.5 Å². The second-order valence-electron chi connectivity index (χ2n) is 5.24. The van der Waals surface area contributed by atoms with Crippen molar-refractivity contribution in [2.24, 2.45) is 0 Å². The van der Waals surface area contributed by atoms with Gasteiger partial charge in [-0.05, 0) is 31.1 Å². The lowest BCUT2D eigenvalue weighted by atomic mass is 10.1. The summed E-state index contributed by atoms with van der Waals surface area (Å²) in [5, 5.41) is 2.84. The van der Waals surface area contributed by atoms with Gasteiger partial charge >= 0.3 is 6.01 Å². The second kappa shape index (κ2) is 10.0. The van der Waals surface area contributed by atoms with E-state index in [-0.39, 0.29) is 11.9 Å². The molecule has 0 atom stereocenters. The number of methoxy groups -OCH3 is 2. The molecule has 0 aliphatic carbocycles. The number of hydrogen-bond acceptors (Lipinski definition) is 6. The Balaban J connectivity index is 1.90. The highest BCUT2D eigenvalue weighted by atomic mass is 16.5. The first-order chi connectivity index (χ1) is 12.7. The minimum Gasteiger partial charge on any atom is -0.494 e. The van der Waals surface area contributed by atoms with E-state index in [1.807, 2.05) is 31.2 Å². The zero-order valence-corrected chi connectivity index (χ0v) is 15.2. The van der Waals surface area contributed by atoms with Crippen molar-refractivity contribution >= 4 is 12.0 Å². The molecular formula is C19H23N3O4. The van der Waals surface area contributed by atoms with Crippen molar-refractivity contribution in [2.75, 3.05) is 27.4 Å². The Morgan fingerprint density at radius 3 is 2.77 bits per heavy atom. The highest BCUT2D eigenvalue weighted by Gasteiger charge is 2.06. The van der Waals surface area contributed by atoms with Gasteiger partial charge in [-0.3, -0.25) is 4.79 Å². The summed E-state index contributed by atoms with van der Waals surface area (Å²) in [6, 6.07) is 8.01. The quantitative estimate of drug-likeness (QED) is 0.693. The average molecular weight is 357 g/mol. The maximum Gasteiger partial charge on any atom is 0.319 e. The SMILES string of the molecule is CCOc1ccccc1CCNC(=O)C=Cc1cnc(OC)nc1OC. The molecule has 2 aromatic rings. The molecule has 0 bridgehead atoms. The molecule has 138 valence electrons. The Morgan fingerprint density at radius 1 is 1.23 bits per heavy atom. The fourth-order valence-corrected chi connectivity index (χ4v) is 2.29. The predicted octanol–water partition coefficient (Wildman–Crippen LogP) is 2.26. The van der Waals surface area contributed by atoms with Gasteiger partial charge in [-0.15, -0.1) is 0 Å². The van der Waals surface area contributed by atoms with Crippen molar-refractivity contribution in [1.29, 1.82) is 0 Å². The van der Waals surface area contributed by atoms with Crippen LogP contribution in [0.1, 0.15) is 18.1 Å². The summed E-state index contributed by atoms with van der Waals surface area (Å²) in [7, 11) is 2.97. The van der Waals surface area contributed by atoms with Crippen LogP contribution in [0.3, 0.4) is 0 Å². The fraction of sp³-hybridized carbons (Fsp3) is 0.316. The molecule has 0 fully saturated rings. The molecule has 0 saturated carbocycles. The number of rotatable bonds is 9. The zero-order valence-electron chi connectivity index (χ0n) is 15.2. The van der Waals surface area contributed by atoms with Crippen LogP contribution in [0.5, 0.6) is 17.6 Å². The number of hydrogen-bond donors (Lipinski definition) is 1. The lowest BCUT2D eigenvalue weighted by molar-refractivity contribution is -0.116. The Kier molecular flexibility index (Phi) is 7.42. The van der Waals surface area contributed by atoms with Crippen molar-refractivity contribution in [3.8, 4) is 17.6 Å². The number of carbonyl (C=O) groups is 1. The van der Waals surface area contributed by atoms with Crippen molar-refractivity contribution in [3.63, 3.8) is 0 Å². The molecule has 0 radical (unpaired) electrons. The summed E-state index contributed by atoms with van der Waals surface area (Å²) < 4.78 is 15.7. The monoisotopic (exact) mass is 357 g/mol. The topological polar surface area (TPSA) is 82.6 Å². The van der Waals surface area contributed by atoms with E-state index in [1.54, 1.807) is 6.08 Å². The Morgan fingerprint density at radius 2 is 2.04 bits per heavy atom. The molecule has 1 N–H and O–H groups in total. The van der Waals surface area contributed by atoms with Gasteiger partial charge in [0.15, 0.2) is 0 Å². The standard InChI is InChI=1S/C19H23N3O4/c1-4-26-16-8-6-5-7-14(16)11-12-20-17(23)10-9-15-13-21-19(25-3)22-18(15)24-2/h5-10,13H,4,11-12H2,1-3H3,(H,20,23). The number of carbonyl (C=O) groups excluding carboxylic acids is 1. The molecule has 0 saturated heterocycles. The van der Waals surface area contributed by atoms with Crippen LogP contribution >= 0.6 is 0 Å². The summed E-state index contributed by atoms with van der Waals surface area (Å²) in [5.41, 5.74) is 1.65. The van der Waals surface area contributed by atoms with E-state index in [0.29, 0.717) is 31.0 Å². The first-order valence-corrected chi connectivity index (χ1v) is 8.29. The van der Waals surface area contributed by atoms with Crippen LogP contribution < -0.4 is 19.5 Å². The Labute approximate surface area is 153 Å². The number of para-hydroxylation sites is 1. The van der Waals surface area contributed by atoms with Gasteiger partial charge in [0.05, 0.1) is 26.4 Å². The normalized spacial score (nSPS) is 10.6. The van der Waals surface area contributed by atoms with Crippen LogP contribution in [-0.2, 0) is 11.2 Å². The smallest absolute Gasteiger partial charge is 0.319 e. The third-order valence-corrected chi connectivity index (χ3v) is 3.51. The van der Waals surface area contributed by atoms with E-state index in [1.165, 1.54) is 26.5 Å². The van der Waals surface area contributed by atoms with Gasteiger partial charge in [-0.25, -0.2) is 4.98 Å². The summed E-state index contributed by atoms with van der Waals surface area (Å²) in [6.45, 7) is 3.06.